The van der Waals surface area contributed by atoms with Crippen molar-refractivity contribution >= 4 is 50.9 Å². The summed E-state index contributed by atoms with van der Waals surface area (Å²) in [5, 5.41) is 13.4. The summed E-state index contributed by atoms with van der Waals surface area (Å²) in [5.74, 6) is 0.351. The number of carbonyl (C=O) groups is 1. The number of nitrogens with zero attached hydrogens (tertiary/aromatic N) is 5. The third kappa shape index (κ3) is 4.39. The monoisotopic (exact) mass is 486 g/mol. The second-order valence-electron chi connectivity index (χ2n) is 8.42. The summed E-state index contributed by atoms with van der Waals surface area (Å²) < 4.78 is 3.59. The molecule has 5 aromatic rings. The van der Waals surface area contributed by atoms with Crippen LogP contribution in [0.25, 0.3) is 27.6 Å². The molecule has 1 unspecified atom stereocenters. The molecule has 0 saturated carbocycles. The van der Waals surface area contributed by atoms with Gasteiger partial charge in [0.25, 0.3) is 5.56 Å². The van der Waals surface area contributed by atoms with Crippen molar-refractivity contribution in [3.05, 3.63) is 71.1 Å². The minimum absolute atomic E-state index is 0.0662. The van der Waals surface area contributed by atoms with Crippen LogP contribution < -0.4 is 10.9 Å². The van der Waals surface area contributed by atoms with Crippen LogP contribution in [0.15, 0.2) is 70.7 Å². The van der Waals surface area contributed by atoms with Gasteiger partial charge in [0.1, 0.15) is 0 Å². The number of aryl methyl sites for hydroxylation is 1. The molecule has 5 rings (SSSR count). The van der Waals surface area contributed by atoms with Gasteiger partial charge in [0.2, 0.25) is 11.7 Å². The van der Waals surface area contributed by atoms with Crippen molar-refractivity contribution in [2.75, 3.05) is 5.32 Å². The Kier molecular flexibility index (Phi) is 6.50. The van der Waals surface area contributed by atoms with E-state index in [0.29, 0.717) is 22.9 Å². The van der Waals surface area contributed by atoms with E-state index in [1.54, 1.807) is 10.8 Å². The van der Waals surface area contributed by atoms with Gasteiger partial charge in [0, 0.05) is 18.1 Å². The molecule has 0 spiro atoms. The van der Waals surface area contributed by atoms with E-state index in [4.69, 9.17) is 0 Å². The summed E-state index contributed by atoms with van der Waals surface area (Å²) in [6.45, 7) is 4.55. The van der Waals surface area contributed by atoms with Crippen LogP contribution in [0.4, 0.5) is 5.69 Å². The van der Waals surface area contributed by atoms with Gasteiger partial charge in [0.15, 0.2) is 5.16 Å². The van der Waals surface area contributed by atoms with E-state index in [-0.39, 0.29) is 11.5 Å². The quantitative estimate of drug-likeness (QED) is 0.248. The molecule has 9 heteroatoms. The van der Waals surface area contributed by atoms with Gasteiger partial charge < -0.3 is 5.32 Å². The molecule has 3 aromatic heterocycles. The number of anilines is 1. The van der Waals surface area contributed by atoms with E-state index < -0.39 is 5.25 Å². The number of rotatable bonds is 8. The first-order valence-electron chi connectivity index (χ1n) is 11.8. The maximum Gasteiger partial charge on any atom is 0.262 e. The molecule has 1 atom stereocenters. The van der Waals surface area contributed by atoms with E-state index >= 15 is 0 Å². The van der Waals surface area contributed by atoms with Crippen molar-refractivity contribution < 1.29 is 4.79 Å². The summed E-state index contributed by atoms with van der Waals surface area (Å²) in [5.41, 5.74) is 2.21. The molecule has 0 radical (unpaired) electrons. The van der Waals surface area contributed by atoms with E-state index in [0.717, 1.165) is 41.4 Å². The predicted octanol–water partition coefficient (Wildman–Crippen LogP) is 4.90. The highest BCUT2D eigenvalue weighted by atomic mass is 32.2. The van der Waals surface area contributed by atoms with Crippen LogP contribution in [-0.4, -0.2) is 35.3 Å². The molecule has 8 nitrogen and oxygen atoms in total. The normalized spacial score (nSPS) is 12.4. The smallest absolute Gasteiger partial charge is 0.262 e. The Morgan fingerprint density at radius 1 is 1.03 bits per heavy atom. The summed E-state index contributed by atoms with van der Waals surface area (Å²) in [7, 11) is 0. The zero-order valence-electron chi connectivity index (χ0n) is 19.6. The van der Waals surface area contributed by atoms with Gasteiger partial charge >= 0.3 is 0 Å². The lowest BCUT2D eigenvalue weighted by Crippen LogP contribution is -2.24. The predicted molar refractivity (Wildman–Crippen MR) is 140 cm³/mol. The molecule has 2 aromatic carbocycles. The number of aromatic nitrogens is 5. The number of thioether (sulfide) groups is 1. The number of benzene rings is 2. The van der Waals surface area contributed by atoms with Crippen molar-refractivity contribution in [1.29, 1.82) is 0 Å². The van der Waals surface area contributed by atoms with Crippen LogP contribution in [0.3, 0.4) is 0 Å². The van der Waals surface area contributed by atoms with Crippen LogP contribution in [0, 0.1) is 0 Å². The van der Waals surface area contributed by atoms with Crippen molar-refractivity contribution in [1.82, 2.24) is 24.1 Å². The van der Waals surface area contributed by atoms with Gasteiger partial charge in [-0.1, -0.05) is 49.7 Å². The Bertz CT molecular complexity index is 1590. The molecule has 0 aliphatic rings. The van der Waals surface area contributed by atoms with Crippen LogP contribution in [0.5, 0.6) is 0 Å². The molecule has 35 heavy (non-hydrogen) atoms. The number of hydrogen-bond acceptors (Lipinski definition) is 6. The number of carbonyl (C=O) groups excluding carboxylic acids is 1. The van der Waals surface area contributed by atoms with Gasteiger partial charge in [-0.05, 0) is 49.7 Å². The number of para-hydroxylation sites is 1. The van der Waals surface area contributed by atoms with E-state index in [1.807, 2.05) is 65.9 Å². The second kappa shape index (κ2) is 9.87. The SMILES string of the molecule is CCCCCn1c(=O)c2ccccc2n2c(SC(C)C(=O)Nc3cccc4ncccc34)nnc12. The molecule has 0 fully saturated rings. The fourth-order valence-corrected chi connectivity index (χ4v) is 5.05. The molecular formula is C26H26N6O2S. The van der Waals surface area contributed by atoms with Crippen LogP contribution in [0.2, 0.25) is 0 Å². The van der Waals surface area contributed by atoms with E-state index in [2.05, 4.69) is 27.4 Å². The molecular weight excluding hydrogens is 460 g/mol. The molecule has 178 valence electrons. The van der Waals surface area contributed by atoms with Crippen LogP contribution in [0.1, 0.15) is 33.1 Å². The molecule has 1 N–H and O–H groups in total. The second-order valence-corrected chi connectivity index (χ2v) is 9.73. The van der Waals surface area contributed by atoms with Crippen LogP contribution in [-0.2, 0) is 11.3 Å². The summed E-state index contributed by atoms with van der Waals surface area (Å²) in [6.07, 6.45) is 4.71. The highest BCUT2D eigenvalue weighted by molar-refractivity contribution is 8.00. The zero-order chi connectivity index (χ0) is 24.4. The number of unbranched alkanes of at least 4 members (excludes halogenated alkanes) is 2. The molecule has 1 amide bonds. The number of amides is 1. The molecule has 0 saturated heterocycles. The first kappa shape index (κ1) is 23.0. The minimum atomic E-state index is -0.450. The average Bonchev–Trinajstić information content (AvgIpc) is 3.29. The largest absolute Gasteiger partial charge is 0.324 e. The van der Waals surface area contributed by atoms with Crippen LogP contribution >= 0.6 is 11.8 Å². The van der Waals surface area contributed by atoms with E-state index in [9.17, 15) is 9.59 Å². The number of hydrogen-bond donors (Lipinski definition) is 1. The van der Waals surface area contributed by atoms with Gasteiger partial charge in [0.05, 0.1) is 27.4 Å². The summed E-state index contributed by atoms with van der Waals surface area (Å²) in [6, 6.07) is 16.9. The zero-order valence-corrected chi connectivity index (χ0v) is 20.5. The Morgan fingerprint density at radius 3 is 2.71 bits per heavy atom. The maximum absolute atomic E-state index is 13.2. The van der Waals surface area contributed by atoms with Crippen molar-refractivity contribution in [2.45, 2.75) is 50.1 Å². The Labute approximate surface area is 206 Å². The van der Waals surface area contributed by atoms with Crippen molar-refractivity contribution in [2.24, 2.45) is 0 Å². The molecule has 0 aliphatic carbocycles. The highest BCUT2D eigenvalue weighted by Gasteiger charge is 2.22. The average molecular weight is 487 g/mol. The summed E-state index contributed by atoms with van der Waals surface area (Å²) >= 11 is 1.32. The molecule has 0 bridgehead atoms. The Morgan fingerprint density at radius 2 is 1.86 bits per heavy atom. The first-order valence-corrected chi connectivity index (χ1v) is 12.6. The van der Waals surface area contributed by atoms with Gasteiger partial charge in [-0.2, -0.15) is 0 Å². The maximum atomic E-state index is 13.2. The molecule has 3 heterocycles. The third-order valence-electron chi connectivity index (χ3n) is 6.02. The summed E-state index contributed by atoms with van der Waals surface area (Å²) in [4.78, 5) is 30.7. The first-order chi connectivity index (χ1) is 17.1. The van der Waals surface area contributed by atoms with Gasteiger partial charge in [-0.3, -0.25) is 23.5 Å². The fourth-order valence-electron chi connectivity index (χ4n) is 4.19. The number of nitrogens with one attached hydrogen (secondary N) is 1. The standard InChI is InChI=1S/C26H26N6O2S/c1-3-4-7-16-31-24(34)19-10-5-6-14-22(19)32-25(31)29-30-26(32)35-17(2)23(33)28-21-13-8-12-20-18(21)11-9-15-27-20/h5-6,8-15,17H,3-4,7,16H2,1-2H3,(H,28,33). The topological polar surface area (TPSA) is 94.2 Å². The van der Waals surface area contributed by atoms with Gasteiger partial charge in [-0.15, -0.1) is 10.2 Å². The lowest BCUT2D eigenvalue weighted by Gasteiger charge is -2.14. The number of pyridine rings is 1. The Hall–Kier alpha value is -3.72. The van der Waals surface area contributed by atoms with Gasteiger partial charge in [-0.25, -0.2) is 0 Å². The lowest BCUT2D eigenvalue weighted by molar-refractivity contribution is -0.115. The molecule has 0 aliphatic heterocycles. The van der Waals surface area contributed by atoms with Crippen molar-refractivity contribution in [3.8, 4) is 0 Å². The van der Waals surface area contributed by atoms with Crippen molar-refractivity contribution in [3.63, 3.8) is 0 Å². The lowest BCUT2D eigenvalue weighted by atomic mass is 10.2. The Balaban J connectivity index is 1.48. The highest BCUT2D eigenvalue weighted by Crippen LogP contribution is 2.27. The van der Waals surface area contributed by atoms with E-state index in [1.165, 1.54) is 11.8 Å². The minimum Gasteiger partial charge on any atom is -0.324 e. The fraction of sp³-hybridized carbons (Fsp3) is 0.269. The number of fused-ring (bicyclic) bond motifs is 4. The third-order valence-corrected chi connectivity index (χ3v) is 7.06.